The van der Waals surface area contributed by atoms with Gasteiger partial charge in [0.15, 0.2) is 5.82 Å². The maximum atomic E-state index is 6.24. The summed E-state index contributed by atoms with van der Waals surface area (Å²) >= 11 is 0. The quantitative estimate of drug-likeness (QED) is 0.936. The Morgan fingerprint density at radius 2 is 1.90 bits per heavy atom. The number of benzene rings is 1. The molecular formula is C17H23N3O. The van der Waals surface area contributed by atoms with Crippen molar-refractivity contribution in [2.24, 2.45) is 5.73 Å². The third-order valence-electron chi connectivity index (χ3n) is 4.59. The van der Waals surface area contributed by atoms with Crippen LogP contribution in [-0.2, 0) is 17.4 Å². The molecule has 1 heterocycles. The number of rotatable bonds is 4. The van der Waals surface area contributed by atoms with Gasteiger partial charge < -0.3 is 10.3 Å². The van der Waals surface area contributed by atoms with Gasteiger partial charge in [0.2, 0.25) is 5.89 Å². The predicted molar refractivity (Wildman–Crippen MR) is 81.9 cm³/mol. The second-order valence-corrected chi connectivity index (χ2v) is 6.95. The summed E-state index contributed by atoms with van der Waals surface area (Å²) in [5.74, 6) is 1.34. The summed E-state index contributed by atoms with van der Waals surface area (Å²) in [6.07, 6.45) is 3.77. The Morgan fingerprint density at radius 3 is 2.48 bits per heavy atom. The molecule has 0 amide bonds. The standard InChI is InChI=1S/C17H23N3O/c1-12-5-7-13(8-6-12)16(2,3)11-14-19-15(20-21-14)17(18)9-4-10-17/h5-8H,4,9-11,18H2,1-3H3. The van der Waals surface area contributed by atoms with Gasteiger partial charge in [-0.3, -0.25) is 0 Å². The monoisotopic (exact) mass is 285 g/mol. The SMILES string of the molecule is Cc1ccc(C(C)(C)Cc2nc(C3(N)CCC3)no2)cc1. The molecule has 0 aliphatic heterocycles. The van der Waals surface area contributed by atoms with Crippen molar-refractivity contribution in [2.75, 3.05) is 0 Å². The van der Waals surface area contributed by atoms with Crippen LogP contribution in [-0.4, -0.2) is 10.1 Å². The highest BCUT2D eigenvalue weighted by Crippen LogP contribution is 2.37. The van der Waals surface area contributed by atoms with Crippen LogP contribution in [0, 0.1) is 6.92 Å². The highest BCUT2D eigenvalue weighted by molar-refractivity contribution is 5.28. The van der Waals surface area contributed by atoms with Crippen molar-refractivity contribution in [3.63, 3.8) is 0 Å². The highest BCUT2D eigenvalue weighted by atomic mass is 16.5. The van der Waals surface area contributed by atoms with Gasteiger partial charge in [-0.1, -0.05) is 48.8 Å². The lowest BCUT2D eigenvalue weighted by Crippen LogP contribution is -2.44. The highest BCUT2D eigenvalue weighted by Gasteiger charge is 2.39. The zero-order valence-electron chi connectivity index (χ0n) is 13.0. The molecule has 1 saturated carbocycles. The maximum Gasteiger partial charge on any atom is 0.227 e. The molecule has 0 atom stereocenters. The topological polar surface area (TPSA) is 64.9 Å². The average molecular weight is 285 g/mol. The fourth-order valence-corrected chi connectivity index (χ4v) is 2.80. The van der Waals surface area contributed by atoms with Crippen LogP contribution in [0.5, 0.6) is 0 Å². The van der Waals surface area contributed by atoms with E-state index < -0.39 is 0 Å². The minimum Gasteiger partial charge on any atom is -0.339 e. The second kappa shape index (κ2) is 4.95. The van der Waals surface area contributed by atoms with E-state index in [0.717, 1.165) is 25.7 Å². The number of hydrogen-bond donors (Lipinski definition) is 1. The molecule has 1 fully saturated rings. The third kappa shape index (κ3) is 2.72. The van der Waals surface area contributed by atoms with Gasteiger partial charge in [-0.2, -0.15) is 4.98 Å². The van der Waals surface area contributed by atoms with Crippen molar-refractivity contribution < 1.29 is 4.52 Å². The molecular weight excluding hydrogens is 262 g/mol. The van der Waals surface area contributed by atoms with Crippen LogP contribution in [0.25, 0.3) is 0 Å². The Balaban J connectivity index is 1.77. The van der Waals surface area contributed by atoms with Gasteiger partial charge in [-0.05, 0) is 37.2 Å². The summed E-state index contributed by atoms with van der Waals surface area (Å²) in [5, 5.41) is 4.09. The molecule has 3 rings (SSSR count). The first kappa shape index (κ1) is 14.3. The summed E-state index contributed by atoms with van der Waals surface area (Å²) in [7, 11) is 0. The second-order valence-electron chi connectivity index (χ2n) is 6.95. The largest absolute Gasteiger partial charge is 0.339 e. The molecule has 0 bridgehead atoms. The van der Waals surface area contributed by atoms with Crippen molar-refractivity contribution >= 4 is 0 Å². The van der Waals surface area contributed by atoms with Crippen LogP contribution in [0.2, 0.25) is 0 Å². The summed E-state index contributed by atoms with van der Waals surface area (Å²) in [6.45, 7) is 6.49. The van der Waals surface area contributed by atoms with Gasteiger partial charge in [0.1, 0.15) is 0 Å². The molecule has 0 saturated heterocycles. The van der Waals surface area contributed by atoms with Gasteiger partial charge in [0, 0.05) is 6.42 Å². The van der Waals surface area contributed by atoms with E-state index in [1.165, 1.54) is 11.1 Å². The number of aryl methyl sites for hydroxylation is 1. The Bertz CT molecular complexity index is 624. The molecule has 112 valence electrons. The molecule has 1 aromatic carbocycles. The van der Waals surface area contributed by atoms with E-state index in [9.17, 15) is 0 Å². The lowest BCUT2D eigenvalue weighted by atomic mass is 9.77. The number of nitrogens with zero attached hydrogens (tertiary/aromatic N) is 2. The first-order chi connectivity index (χ1) is 9.89. The predicted octanol–water partition coefficient (Wildman–Crippen LogP) is 3.24. The number of nitrogens with two attached hydrogens (primary N) is 1. The Hall–Kier alpha value is -1.68. The number of aromatic nitrogens is 2. The van der Waals surface area contributed by atoms with Crippen molar-refractivity contribution in [1.29, 1.82) is 0 Å². The molecule has 4 heteroatoms. The van der Waals surface area contributed by atoms with Crippen molar-refractivity contribution in [2.45, 2.75) is 57.4 Å². The molecule has 1 aliphatic carbocycles. The van der Waals surface area contributed by atoms with E-state index in [4.69, 9.17) is 10.3 Å². The summed E-state index contributed by atoms with van der Waals surface area (Å²) in [6, 6.07) is 8.62. The van der Waals surface area contributed by atoms with E-state index in [0.29, 0.717) is 11.7 Å². The van der Waals surface area contributed by atoms with E-state index in [1.807, 2.05) is 0 Å². The first-order valence-corrected chi connectivity index (χ1v) is 7.58. The molecule has 2 N–H and O–H groups in total. The molecule has 2 aromatic rings. The van der Waals surface area contributed by atoms with Crippen molar-refractivity contribution in [3.8, 4) is 0 Å². The number of hydrogen-bond acceptors (Lipinski definition) is 4. The normalized spacial score (nSPS) is 17.5. The Labute approximate surface area is 125 Å². The van der Waals surface area contributed by atoms with Gasteiger partial charge in [-0.15, -0.1) is 0 Å². The molecule has 1 aliphatic rings. The fraction of sp³-hybridized carbons (Fsp3) is 0.529. The smallest absolute Gasteiger partial charge is 0.227 e. The Kier molecular flexibility index (Phi) is 3.36. The van der Waals surface area contributed by atoms with E-state index >= 15 is 0 Å². The minimum atomic E-state index is -0.351. The van der Waals surface area contributed by atoms with Crippen molar-refractivity contribution in [1.82, 2.24) is 10.1 Å². The molecule has 0 radical (unpaired) electrons. The van der Waals surface area contributed by atoms with E-state index in [-0.39, 0.29) is 11.0 Å². The zero-order valence-corrected chi connectivity index (χ0v) is 13.0. The Morgan fingerprint density at radius 1 is 1.24 bits per heavy atom. The van der Waals surface area contributed by atoms with Crippen molar-refractivity contribution in [3.05, 3.63) is 47.1 Å². The molecule has 0 spiro atoms. The van der Waals surface area contributed by atoms with Crippen LogP contribution in [0.15, 0.2) is 28.8 Å². The molecule has 0 unspecified atom stereocenters. The summed E-state index contributed by atoms with van der Waals surface area (Å²) < 4.78 is 5.43. The fourth-order valence-electron chi connectivity index (χ4n) is 2.80. The van der Waals surface area contributed by atoms with Gasteiger partial charge >= 0.3 is 0 Å². The summed E-state index contributed by atoms with van der Waals surface area (Å²) in [5.41, 5.74) is 8.39. The molecule has 21 heavy (non-hydrogen) atoms. The van der Waals surface area contributed by atoms with Crippen LogP contribution >= 0.6 is 0 Å². The average Bonchev–Trinajstić information content (AvgIpc) is 2.84. The third-order valence-corrected chi connectivity index (χ3v) is 4.59. The van der Waals surface area contributed by atoms with Gasteiger partial charge in [-0.25, -0.2) is 0 Å². The summed E-state index contributed by atoms with van der Waals surface area (Å²) in [4.78, 5) is 4.53. The lowest BCUT2D eigenvalue weighted by molar-refractivity contribution is 0.228. The van der Waals surface area contributed by atoms with Gasteiger partial charge in [0.05, 0.1) is 5.54 Å². The van der Waals surface area contributed by atoms with Gasteiger partial charge in [0.25, 0.3) is 0 Å². The molecule has 1 aromatic heterocycles. The molecule has 4 nitrogen and oxygen atoms in total. The zero-order chi connectivity index (χ0) is 15.1. The van der Waals surface area contributed by atoms with E-state index in [2.05, 4.69) is 55.2 Å². The maximum absolute atomic E-state index is 6.24. The van der Waals surface area contributed by atoms with E-state index in [1.54, 1.807) is 0 Å². The van der Waals surface area contributed by atoms with Crippen LogP contribution in [0.1, 0.15) is 56.0 Å². The van der Waals surface area contributed by atoms with Crippen LogP contribution < -0.4 is 5.73 Å². The lowest BCUT2D eigenvalue weighted by Gasteiger charge is -2.34. The van der Waals surface area contributed by atoms with Crippen LogP contribution in [0.4, 0.5) is 0 Å². The van der Waals surface area contributed by atoms with Crippen LogP contribution in [0.3, 0.4) is 0 Å². The first-order valence-electron chi connectivity index (χ1n) is 7.58. The minimum absolute atomic E-state index is 0.0428.